The van der Waals surface area contributed by atoms with Crippen LogP contribution in [0.25, 0.3) is 0 Å². The number of methoxy groups -OCH3 is 1. The monoisotopic (exact) mass is 435 g/mol. The predicted molar refractivity (Wildman–Crippen MR) is 113 cm³/mol. The molecule has 0 radical (unpaired) electrons. The fraction of sp³-hybridized carbons (Fsp3) is 0.476. The van der Waals surface area contributed by atoms with Gasteiger partial charge in [0.05, 0.1) is 19.4 Å². The number of carbonyl (C=O) groups is 1. The first-order chi connectivity index (χ1) is 14.4. The Labute approximate surface area is 177 Å². The molecule has 2 aromatic rings. The van der Waals surface area contributed by atoms with E-state index >= 15 is 0 Å². The summed E-state index contributed by atoms with van der Waals surface area (Å²) in [5, 5.41) is 2.91. The van der Waals surface area contributed by atoms with Gasteiger partial charge in [0, 0.05) is 18.2 Å². The van der Waals surface area contributed by atoms with Crippen LogP contribution in [-0.2, 0) is 10.0 Å². The number of nitrogens with one attached hydrogen (secondary N) is 2. The van der Waals surface area contributed by atoms with Crippen molar-refractivity contribution in [1.29, 1.82) is 0 Å². The zero-order valence-corrected chi connectivity index (χ0v) is 18.4. The highest BCUT2D eigenvalue weighted by Gasteiger charge is 2.30. The zero-order valence-electron chi connectivity index (χ0n) is 17.6. The summed E-state index contributed by atoms with van der Waals surface area (Å²) in [6.07, 6.45) is 3.25. The van der Waals surface area contributed by atoms with E-state index in [1.807, 2.05) is 12.1 Å². The van der Waals surface area contributed by atoms with Crippen molar-refractivity contribution in [2.75, 3.05) is 26.7 Å². The molecule has 9 heteroatoms. The van der Waals surface area contributed by atoms with Gasteiger partial charge >= 0.3 is 0 Å². The maximum atomic E-state index is 12.8. The van der Waals surface area contributed by atoms with Crippen LogP contribution < -0.4 is 14.8 Å². The molecule has 2 N–H and O–H groups in total. The summed E-state index contributed by atoms with van der Waals surface area (Å²) in [5.41, 5.74) is 0.254. The van der Waals surface area contributed by atoms with Gasteiger partial charge in [0.2, 0.25) is 10.0 Å². The van der Waals surface area contributed by atoms with Gasteiger partial charge in [-0.3, -0.25) is 9.69 Å². The highest BCUT2D eigenvalue weighted by atomic mass is 32.2. The largest absolute Gasteiger partial charge is 0.495 e. The SMILES string of the molecule is CCN(CC)[C@H](CNC(=O)c1ccc(OC)c(S(=O)(=O)NC2CC2)c1)c1ccco1. The average molecular weight is 436 g/mol. The number of rotatable bonds is 11. The molecule has 1 aliphatic rings. The summed E-state index contributed by atoms with van der Waals surface area (Å²) >= 11 is 0. The number of sulfonamides is 1. The lowest BCUT2D eigenvalue weighted by Gasteiger charge is -2.28. The molecule has 0 spiro atoms. The number of benzene rings is 1. The van der Waals surface area contributed by atoms with E-state index < -0.39 is 10.0 Å². The van der Waals surface area contributed by atoms with Crippen molar-refractivity contribution in [2.45, 2.75) is 43.7 Å². The number of hydrogen-bond donors (Lipinski definition) is 2. The maximum absolute atomic E-state index is 12.8. The molecular formula is C21H29N3O5S. The Morgan fingerprint density at radius 1 is 1.27 bits per heavy atom. The summed E-state index contributed by atoms with van der Waals surface area (Å²) in [6, 6.07) is 7.97. The van der Waals surface area contributed by atoms with E-state index in [4.69, 9.17) is 9.15 Å². The van der Waals surface area contributed by atoms with Gasteiger partial charge in [-0.15, -0.1) is 0 Å². The van der Waals surface area contributed by atoms with Crippen LogP contribution in [-0.4, -0.2) is 52.0 Å². The van der Waals surface area contributed by atoms with Crippen molar-refractivity contribution in [2.24, 2.45) is 0 Å². The molecule has 1 amide bonds. The number of likely N-dealkylation sites (N-methyl/N-ethyl adjacent to an activating group) is 1. The number of ether oxygens (including phenoxy) is 1. The molecule has 0 aliphatic heterocycles. The van der Waals surface area contributed by atoms with Gasteiger partial charge in [0.15, 0.2) is 0 Å². The first-order valence-corrected chi connectivity index (χ1v) is 11.6. The molecule has 1 fully saturated rings. The van der Waals surface area contributed by atoms with Crippen molar-refractivity contribution in [3.05, 3.63) is 47.9 Å². The van der Waals surface area contributed by atoms with Gasteiger partial charge in [-0.2, -0.15) is 0 Å². The third kappa shape index (κ3) is 5.21. The number of nitrogens with zero attached hydrogens (tertiary/aromatic N) is 1. The highest BCUT2D eigenvalue weighted by molar-refractivity contribution is 7.89. The van der Waals surface area contributed by atoms with Gasteiger partial charge in [-0.25, -0.2) is 13.1 Å². The van der Waals surface area contributed by atoms with Crippen LogP contribution in [0, 0.1) is 0 Å². The second-order valence-electron chi connectivity index (χ2n) is 7.22. The summed E-state index contributed by atoms with van der Waals surface area (Å²) in [6.45, 7) is 6.04. The van der Waals surface area contributed by atoms with Crippen molar-refractivity contribution in [3.8, 4) is 5.75 Å². The van der Waals surface area contributed by atoms with Crippen LogP contribution >= 0.6 is 0 Å². The lowest BCUT2D eigenvalue weighted by atomic mass is 10.1. The molecule has 0 bridgehead atoms. The summed E-state index contributed by atoms with van der Waals surface area (Å²) in [4.78, 5) is 15.0. The van der Waals surface area contributed by atoms with E-state index in [1.54, 1.807) is 12.3 Å². The van der Waals surface area contributed by atoms with E-state index in [0.29, 0.717) is 6.54 Å². The van der Waals surface area contributed by atoms with Gasteiger partial charge in [-0.05, 0) is 56.3 Å². The quantitative estimate of drug-likeness (QED) is 0.563. The highest BCUT2D eigenvalue weighted by Crippen LogP contribution is 2.28. The Morgan fingerprint density at radius 3 is 2.57 bits per heavy atom. The molecule has 1 aliphatic carbocycles. The molecule has 1 heterocycles. The van der Waals surface area contributed by atoms with Crippen molar-refractivity contribution in [3.63, 3.8) is 0 Å². The molecular weight excluding hydrogens is 406 g/mol. The first-order valence-electron chi connectivity index (χ1n) is 10.2. The van der Waals surface area contributed by atoms with Gasteiger partial charge in [-0.1, -0.05) is 13.8 Å². The van der Waals surface area contributed by atoms with E-state index in [-0.39, 0.29) is 34.2 Å². The number of carbonyl (C=O) groups excluding carboxylic acids is 1. The molecule has 1 saturated carbocycles. The Morgan fingerprint density at radius 2 is 2.00 bits per heavy atom. The van der Waals surface area contributed by atoms with Crippen LogP contribution in [0.5, 0.6) is 5.75 Å². The lowest BCUT2D eigenvalue weighted by Crippen LogP contribution is -2.38. The molecule has 8 nitrogen and oxygen atoms in total. The Kier molecular flexibility index (Phi) is 7.17. The van der Waals surface area contributed by atoms with Gasteiger partial charge in [0.25, 0.3) is 5.91 Å². The van der Waals surface area contributed by atoms with Crippen molar-refractivity contribution >= 4 is 15.9 Å². The molecule has 1 atom stereocenters. The second-order valence-corrected chi connectivity index (χ2v) is 8.91. The average Bonchev–Trinajstić information content (AvgIpc) is 3.37. The first kappa shape index (κ1) is 22.3. The standard InChI is InChI=1S/C21H29N3O5S/c1-4-24(5-2)17(18-7-6-12-29-18)14-22-21(25)15-8-11-19(28-3)20(13-15)30(26,27)23-16-9-10-16/h6-8,11-13,16-17,23H,4-5,9-10,14H2,1-3H3,(H,22,25)/t17-/m1/s1. The van der Waals surface area contributed by atoms with Crippen LogP contribution in [0.15, 0.2) is 45.9 Å². The smallest absolute Gasteiger partial charge is 0.251 e. The Bertz CT molecular complexity index is 951. The number of amides is 1. The van der Waals surface area contributed by atoms with Crippen molar-refractivity contribution in [1.82, 2.24) is 14.9 Å². The fourth-order valence-corrected chi connectivity index (χ4v) is 4.86. The Hall–Kier alpha value is -2.36. The zero-order chi connectivity index (χ0) is 21.7. The van der Waals surface area contributed by atoms with Crippen molar-refractivity contribution < 1.29 is 22.4 Å². The second kappa shape index (κ2) is 9.63. The normalized spacial score (nSPS) is 15.2. The molecule has 30 heavy (non-hydrogen) atoms. The molecule has 1 aromatic carbocycles. The van der Waals surface area contributed by atoms with Crippen LogP contribution in [0.3, 0.4) is 0 Å². The topological polar surface area (TPSA) is 101 Å². The minimum absolute atomic E-state index is 0.0316. The molecule has 164 valence electrons. The minimum atomic E-state index is -3.76. The molecule has 1 aromatic heterocycles. The molecule has 3 rings (SSSR count). The third-order valence-electron chi connectivity index (χ3n) is 5.20. The van der Waals surface area contributed by atoms with E-state index in [0.717, 1.165) is 31.7 Å². The van der Waals surface area contributed by atoms with Gasteiger partial charge < -0.3 is 14.5 Å². The van der Waals surface area contributed by atoms with E-state index in [2.05, 4.69) is 28.8 Å². The van der Waals surface area contributed by atoms with Gasteiger partial charge in [0.1, 0.15) is 16.4 Å². The lowest BCUT2D eigenvalue weighted by molar-refractivity contribution is 0.0929. The third-order valence-corrected chi connectivity index (χ3v) is 6.74. The molecule has 0 unspecified atom stereocenters. The predicted octanol–water partition coefficient (Wildman–Crippen LogP) is 2.54. The minimum Gasteiger partial charge on any atom is -0.495 e. The maximum Gasteiger partial charge on any atom is 0.251 e. The summed E-state index contributed by atoms with van der Waals surface area (Å²) in [7, 11) is -2.36. The molecule has 0 saturated heterocycles. The van der Waals surface area contributed by atoms with Crippen LogP contribution in [0.1, 0.15) is 48.8 Å². The fourth-order valence-electron chi connectivity index (χ4n) is 3.36. The Balaban J connectivity index is 1.78. The van der Waals surface area contributed by atoms with E-state index in [1.165, 1.54) is 19.2 Å². The van der Waals surface area contributed by atoms with Crippen LogP contribution in [0.2, 0.25) is 0 Å². The summed E-state index contributed by atoms with van der Waals surface area (Å²) < 4.78 is 38.8. The number of hydrogen-bond acceptors (Lipinski definition) is 6. The van der Waals surface area contributed by atoms with Crippen LogP contribution in [0.4, 0.5) is 0 Å². The van der Waals surface area contributed by atoms with E-state index in [9.17, 15) is 13.2 Å². The number of furan rings is 1. The summed E-state index contributed by atoms with van der Waals surface area (Å²) in [5.74, 6) is 0.617.